The van der Waals surface area contributed by atoms with Crippen LogP contribution in [-0.2, 0) is 4.74 Å². The van der Waals surface area contributed by atoms with Crippen molar-refractivity contribution in [2.75, 3.05) is 25.6 Å². The molecule has 156 valence electrons. The highest BCUT2D eigenvalue weighted by atomic mass is 35.5. The number of nitrogens with zero attached hydrogens (tertiary/aromatic N) is 2. The number of methoxy groups -OCH3 is 1. The van der Waals surface area contributed by atoms with Crippen LogP contribution in [-0.4, -0.2) is 53.2 Å². The Morgan fingerprint density at radius 1 is 1.28 bits per heavy atom. The molecule has 0 bridgehead atoms. The van der Waals surface area contributed by atoms with Gasteiger partial charge >= 0.3 is 0 Å². The summed E-state index contributed by atoms with van der Waals surface area (Å²) in [4.78, 5) is 27.0. The number of anilines is 1. The van der Waals surface area contributed by atoms with Crippen LogP contribution in [0.4, 0.5) is 14.6 Å². The third kappa shape index (κ3) is 4.91. The highest BCUT2D eigenvalue weighted by Gasteiger charge is 2.28. The zero-order chi connectivity index (χ0) is 21.0. The van der Waals surface area contributed by atoms with E-state index in [1.807, 2.05) is 0 Å². The van der Waals surface area contributed by atoms with Gasteiger partial charge in [0.2, 0.25) is 0 Å². The van der Waals surface area contributed by atoms with E-state index < -0.39 is 17.5 Å². The van der Waals surface area contributed by atoms with Crippen molar-refractivity contribution >= 4 is 29.2 Å². The molecule has 1 fully saturated rings. The molecule has 3 rings (SSSR count). The molecule has 1 aliphatic carbocycles. The molecule has 0 saturated heterocycles. The van der Waals surface area contributed by atoms with Gasteiger partial charge in [0.25, 0.3) is 11.8 Å². The molecule has 10 heteroatoms. The first-order chi connectivity index (χ1) is 13.9. The summed E-state index contributed by atoms with van der Waals surface area (Å²) in [6, 6.07) is 2.96. The summed E-state index contributed by atoms with van der Waals surface area (Å²) in [5.41, 5.74) is -0.0335. The SMILES string of the molecule is COCCN(C(=O)c1cc(NC(=O)c2cc(F)c(F)cc2Cl)n[nH]1)C1CCCC1. The number of H-pyrrole nitrogens is 1. The third-order valence-electron chi connectivity index (χ3n) is 4.87. The second-order valence-corrected chi connectivity index (χ2v) is 7.20. The second kappa shape index (κ2) is 9.32. The number of amides is 2. The Labute approximate surface area is 171 Å². The second-order valence-electron chi connectivity index (χ2n) is 6.80. The third-order valence-corrected chi connectivity index (χ3v) is 5.18. The van der Waals surface area contributed by atoms with E-state index in [2.05, 4.69) is 15.5 Å². The lowest BCUT2D eigenvalue weighted by atomic mass is 10.2. The number of hydrogen-bond donors (Lipinski definition) is 2. The molecule has 1 saturated carbocycles. The number of carbonyl (C=O) groups is 2. The molecule has 0 unspecified atom stereocenters. The number of benzene rings is 1. The molecule has 7 nitrogen and oxygen atoms in total. The Bertz CT molecular complexity index is 900. The van der Waals surface area contributed by atoms with Crippen molar-refractivity contribution in [3.05, 3.63) is 46.1 Å². The summed E-state index contributed by atoms with van der Waals surface area (Å²) in [7, 11) is 1.57. The standard InChI is InChI=1S/C19H21ClF2N4O3/c1-29-7-6-26(11-4-2-3-5-11)19(28)16-10-17(25-24-16)23-18(27)12-8-14(21)15(22)9-13(12)20/h8-11H,2-7H2,1H3,(H2,23,24,25,27). The number of nitrogens with one attached hydrogen (secondary N) is 2. The van der Waals surface area contributed by atoms with Gasteiger partial charge in [-0.1, -0.05) is 24.4 Å². The number of halogens is 3. The predicted octanol–water partition coefficient (Wildman–Crippen LogP) is 3.62. The van der Waals surface area contributed by atoms with Crippen LogP contribution in [0, 0.1) is 11.6 Å². The van der Waals surface area contributed by atoms with E-state index in [1.54, 1.807) is 12.0 Å². The Morgan fingerprint density at radius 3 is 2.66 bits per heavy atom. The fourth-order valence-corrected chi connectivity index (χ4v) is 3.62. The first kappa shape index (κ1) is 21.2. The zero-order valence-electron chi connectivity index (χ0n) is 15.8. The topological polar surface area (TPSA) is 87.3 Å². The lowest BCUT2D eigenvalue weighted by Crippen LogP contribution is -2.41. The van der Waals surface area contributed by atoms with Crippen molar-refractivity contribution < 1.29 is 23.1 Å². The monoisotopic (exact) mass is 426 g/mol. The van der Waals surface area contributed by atoms with Gasteiger partial charge in [0, 0.05) is 25.8 Å². The molecule has 0 radical (unpaired) electrons. The van der Waals surface area contributed by atoms with E-state index in [0.29, 0.717) is 19.2 Å². The Balaban J connectivity index is 1.73. The molecule has 29 heavy (non-hydrogen) atoms. The lowest BCUT2D eigenvalue weighted by molar-refractivity contribution is 0.0600. The summed E-state index contributed by atoms with van der Waals surface area (Å²) < 4.78 is 31.7. The van der Waals surface area contributed by atoms with Crippen LogP contribution in [0.15, 0.2) is 18.2 Å². The van der Waals surface area contributed by atoms with E-state index in [1.165, 1.54) is 6.07 Å². The normalized spacial score (nSPS) is 14.2. The summed E-state index contributed by atoms with van der Waals surface area (Å²) in [6.07, 6.45) is 4.00. The van der Waals surface area contributed by atoms with Crippen LogP contribution in [0.5, 0.6) is 0 Å². The van der Waals surface area contributed by atoms with E-state index in [9.17, 15) is 18.4 Å². The van der Waals surface area contributed by atoms with E-state index >= 15 is 0 Å². The number of aromatic nitrogens is 2. The van der Waals surface area contributed by atoms with Gasteiger partial charge in [-0.25, -0.2) is 8.78 Å². The van der Waals surface area contributed by atoms with Gasteiger partial charge in [-0.2, -0.15) is 5.10 Å². The Morgan fingerprint density at radius 2 is 1.97 bits per heavy atom. The van der Waals surface area contributed by atoms with Crippen molar-refractivity contribution in [1.29, 1.82) is 0 Å². The van der Waals surface area contributed by atoms with Crippen LogP contribution in [0.2, 0.25) is 5.02 Å². The van der Waals surface area contributed by atoms with Gasteiger partial charge in [-0.15, -0.1) is 0 Å². The number of aromatic amines is 1. The fraction of sp³-hybridized carbons (Fsp3) is 0.421. The fourth-order valence-electron chi connectivity index (χ4n) is 3.39. The lowest BCUT2D eigenvalue weighted by Gasteiger charge is -2.28. The Kier molecular flexibility index (Phi) is 6.81. The summed E-state index contributed by atoms with van der Waals surface area (Å²) >= 11 is 5.81. The van der Waals surface area contributed by atoms with Crippen LogP contribution in [0.1, 0.15) is 46.5 Å². The molecule has 1 heterocycles. The molecule has 2 N–H and O–H groups in total. The molecule has 1 aromatic carbocycles. The van der Waals surface area contributed by atoms with Gasteiger partial charge in [0.15, 0.2) is 17.5 Å². The average molecular weight is 427 g/mol. The highest BCUT2D eigenvalue weighted by molar-refractivity contribution is 6.34. The molecular formula is C19H21ClF2N4O3. The molecule has 0 atom stereocenters. The number of ether oxygens (including phenoxy) is 1. The van der Waals surface area contributed by atoms with Crippen molar-refractivity contribution in [1.82, 2.24) is 15.1 Å². The maximum Gasteiger partial charge on any atom is 0.272 e. The number of hydrogen-bond acceptors (Lipinski definition) is 4. The van der Waals surface area contributed by atoms with E-state index in [4.69, 9.17) is 16.3 Å². The van der Waals surface area contributed by atoms with Crippen LogP contribution in [0.25, 0.3) is 0 Å². The molecule has 2 aromatic rings. The maximum absolute atomic E-state index is 13.4. The quantitative estimate of drug-likeness (QED) is 0.662. The number of carbonyl (C=O) groups excluding carboxylic acids is 2. The summed E-state index contributed by atoms with van der Waals surface area (Å²) in [5.74, 6) is -3.29. The molecular weight excluding hydrogens is 406 g/mol. The van der Waals surface area contributed by atoms with Crippen LogP contribution < -0.4 is 5.32 Å². The largest absolute Gasteiger partial charge is 0.383 e. The van der Waals surface area contributed by atoms with E-state index in [-0.39, 0.29) is 34.0 Å². The van der Waals surface area contributed by atoms with Crippen LogP contribution >= 0.6 is 11.6 Å². The van der Waals surface area contributed by atoms with Gasteiger partial charge in [0.1, 0.15) is 5.69 Å². The minimum Gasteiger partial charge on any atom is -0.383 e. The highest BCUT2D eigenvalue weighted by Crippen LogP contribution is 2.25. The minimum atomic E-state index is -1.19. The van der Waals surface area contributed by atoms with Crippen molar-refractivity contribution in [3.63, 3.8) is 0 Å². The molecule has 0 aliphatic heterocycles. The Hall–Kier alpha value is -2.52. The smallest absolute Gasteiger partial charge is 0.272 e. The number of rotatable bonds is 7. The van der Waals surface area contributed by atoms with Crippen molar-refractivity contribution in [2.45, 2.75) is 31.7 Å². The van der Waals surface area contributed by atoms with Gasteiger partial charge in [-0.05, 0) is 25.0 Å². The van der Waals surface area contributed by atoms with Gasteiger partial charge in [0.05, 0.1) is 17.2 Å². The molecule has 0 spiro atoms. The summed E-state index contributed by atoms with van der Waals surface area (Å²) in [5, 5.41) is 8.72. The first-order valence-corrected chi connectivity index (χ1v) is 9.59. The van der Waals surface area contributed by atoms with Crippen LogP contribution in [0.3, 0.4) is 0 Å². The molecule has 1 aliphatic rings. The van der Waals surface area contributed by atoms with Gasteiger partial charge < -0.3 is 15.0 Å². The summed E-state index contributed by atoms with van der Waals surface area (Å²) in [6.45, 7) is 0.861. The zero-order valence-corrected chi connectivity index (χ0v) is 16.6. The van der Waals surface area contributed by atoms with Crippen molar-refractivity contribution in [2.24, 2.45) is 0 Å². The predicted molar refractivity (Wildman–Crippen MR) is 103 cm³/mol. The van der Waals surface area contributed by atoms with Crippen molar-refractivity contribution in [3.8, 4) is 0 Å². The average Bonchev–Trinajstić information content (AvgIpc) is 3.37. The van der Waals surface area contributed by atoms with Gasteiger partial charge in [-0.3, -0.25) is 14.7 Å². The first-order valence-electron chi connectivity index (χ1n) is 9.22. The van der Waals surface area contributed by atoms with E-state index in [0.717, 1.165) is 31.7 Å². The maximum atomic E-state index is 13.4. The molecule has 1 aromatic heterocycles. The molecule has 2 amide bonds. The minimum absolute atomic E-state index is 0.0669.